The van der Waals surface area contributed by atoms with Crippen molar-refractivity contribution < 1.29 is 14.3 Å². The molecule has 1 unspecified atom stereocenters. The predicted octanol–water partition coefficient (Wildman–Crippen LogP) is 5.73. The van der Waals surface area contributed by atoms with Gasteiger partial charge in [0.25, 0.3) is 0 Å². The molecule has 7 heteroatoms. The average Bonchev–Trinajstić information content (AvgIpc) is 3.16. The summed E-state index contributed by atoms with van der Waals surface area (Å²) in [6.07, 6.45) is 2.04. The molecule has 6 nitrogen and oxygen atoms in total. The maximum absolute atomic E-state index is 13.6. The van der Waals surface area contributed by atoms with E-state index in [2.05, 4.69) is 16.7 Å². The smallest absolute Gasteiger partial charge is 0.321 e. The second-order valence-electron chi connectivity index (χ2n) is 9.20. The molecular weight excluding hydrogens is 462 g/mol. The topological polar surface area (TPSA) is 70.7 Å². The fraction of sp³-hybridized carbons (Fsp3) is 0.286. The maximum atomic E-state index is 13.6. The van der Waals surface area contributed by atoms with Crippen LogP contribution in [0.3, 0.4) is 0 Å². The number of carbonyl (C=O) groups excluding carboxylic acids is 2. The number of likely N-dealkylation sites (tertiary alicyclic amines) is 1. The van der Waals surface area contributed by atoms with Crippen LogP contribution in [0.4, 0.5) is 16.2 Å². The van der Waals surface area contributed by atoms with Crippen molar-refractivity contribution >= 4 is 34.9 Å². The summed E-state index contributed by atoms with van der Waals surface area (Å²) >= 11 is 6.28. The Morgan fingerprint density at radius 3 is 2.54 bits per heavy atom. The number of hydrogen-bond acceptors (Lipinski definition) is 3. The number of para-hydroxylation sites is 1. The van der Waals surface area contributed by atoms with Crippen LogP contribution in [-0.2, 0) is 16.6 Å². The number of nitrogens with one attached hydrogen (secondary N) is 2. The Kier molecular flexibility index (Phi) is 6.39. The molecule has 3 amide bonds. The van der Waals surface area contributed by atoms with Crippen molar-refractivity contribution in [1.82, 2.24) is 4.90 Å². The van der Waals surface area contributed by atoms with Crippen LogP contribution < -0.4 is 15.4 Å². The molecule has 0 spiro atoms. The van der Waals surface area contributed by atoms with Crippen LogP contribution in [0.2, 0.25) is 5.02 Å². The fourth-order valence-electron chi connectivity index (χ4n) is 5.48. The Balaban J connectivity index is 1.36. The highest BCUT2D eigenvalue weighted by Crippen LogP contribution is 2.48. The van der Waals surface area contributed by atoms with E-state index in [1.54, 1.807) is 7.11 Å². The van der Waals surface area contributed by atoms with E-state index in [0.717, 1.165) is 41.1 Å². The van der Waals surface area contributed by atoms with Crippen LogP contribution in [0.15, 0.2) is 72.8 Å². The molecule has 5 rings (SSSR count). The van der Waals surface area contributed by atoms with E-state index in [1.807, 2.05) is 71.6 Å². The van der Waals surface area contributed by atoms with E-state index >= 15 is 0 Å². The number of amides is 3. The number of carbonyl (C=O) groups is 2. The molecule has 3 aromatic carbocycles. The summed E-state index contributed by atoms with van der Waals surface area (Å²) in [4.78, 5) is 28.3. The minimum Gasteiger partial charge on any atom is -0.497 e. The van der Waals surface area contributed by atoms with Gasteiger partial charge in [0.2, 0.25) is 5.91 Å². The van der Waals surface area contributed by atoms with Crippen LogP contribution in [0, 0.1) is 5.92 Å². The Bertz CT molecular complexity index is 1240. The minimum absolute atomic E-state index is 0.0276. The molecule has 2 N–H and O–H groups in total. The largest absolute Gasteiger partial charge is 0.497 e. The van der Waals surface area contributed by atoms with Crippen LogP contribution in [0.5, 0.6) is 5.75 Å². The number of rotatable bonds is 5. The van der Waals surface area contributed by atoms with Crippen molar-refractivity contribution in [3.63, 3.8) is 0 Å². The molecule has 1 saturated heterocycles. The summed E-state index contributed by atoms with van der Waals surface area (Å²) in [5, 5.41) is 6.75. The highest BCUT2D eigenvalue weighted by atomic mass is 35.5. The second kappa shape index (κ2) is 9.62. The van der Waals surface area contributed by atoms with E-state index in [-0.39, 0.29) is 17.9 Å². The first-order chi connectivity index (χ1) is 17.0. The molecule has 0 aliphatic carbocycles. The Morgan fingerprint density at radius 1 is 1.09 bits per heavy atom. The monoisotopic (exact) mass is 489 g/mol. The van der Waals surface area contributed by atoms with Gasteiger partial charge >= 0.3 is 6.03 Å². The third-order valence-corrected chi connectivity index (χ3v) is 7.49. The first-order valence-corrected chi connectivity index (χ1v) is 12.2. The van der Waals surface area contributed by atoms with E-state index in [4.69, 9.17) is 16.3 Å². The molecule has 2 aliphatic heterocycles. The summed E-state index contributed by atoms with van der Waals surface area (Å²) in [6, 6.07) is 22.8. The molecule has 1 fully saturated rings. The third-order valence-electron chi connectivity index (χ3n) is 7.25. The fourth-order valence-corrected chi connectivity index (χ4v) is 5.70. The number of benzene rings is 3. The number of methoxy groups -OCH3 is 1. The van der Waals surface area contributed by atoms with Gasteiger partial charge < -0.3 is 20.3 Å². The van der Waals surface area contributed by atoms with Gasteiger partial charge in [-0.25, -0.2) is 4.79 Å². The molecule has 1 atom stereocenters. The third kappa shape index (κ3) is 4.46. The van der Waals surface area contributed by atoms with Gasteiger partial charge in [-0.3, -0.25) is 4.79 Å². The highest BCUT2D eigenvalue weighted by Gasteiger charge is 2.52. The van der Waals surface area contributed by atoms with Crippen molar-refractivity contribution in [2.75, 3.05) is 30.8 Å². The summed E-state index contributed by atoms with van der Waals surface area (Å²) < 4.78 is 5.18. The number of piperidine rings is 1. The van der Waals surface area contributed by atoms with Gasteiger partial charge in [0.1, 0.15) is 5.75 Å². The average molecular weight is 490 g/mol. The van der Waals surface area contributed by atoms with Gasteiger partial charge in [-0.1, -0.05) is 41.9 Å². The molecule has 0 bridgehead atoms. The van der Waals surface area contributed by atoms with E-state index in [0.29, 0.717) is 24.5 Å². The molecule has 2 aliphatic rings. The first kappa shape index (κ1) is 23.2. The van der Waals surface area contributed by atoms with Crippen molar-refractivity contribution in [1.29, 1.82) is 0 Å². The number of hydrogen-bond donors (Lipinski definition) is 2. The lowest BCUT2D eigenvalue weighted by atomic mass is 9.64. The van der Waals surface area contributed by atoms with E-state index in [9.17, 15) is 9.59 Å². The zero-order valence-electron chi connectivity index (χ0n) is 19.6. The molecule has 0 saturated carbocycles. The predicted molar refractivity (Wildman–Crippen MR) is 138 cm³/mol. The quantitative estimate of drug-likeness (QED) is 0.481. The number of ether oxygens (including phenoxy) is 1. The van der Waals surface area contributed by atoms with Crippen LogP contribution >= 0.6 is 11.6 Å². The second-order valence-corrected chi connectivity index (χ2v) is 9.63. The van der Waals surface area contributed by atoms with Gasteiger partial charge in [-0.2, -0.15) is 0 Å². The lowest BCUT2D eigenvalue weighted by Gasteiger charge is -2.41. The van der Waals surface area contributed by atoms with Gasteiger partial charge in [0.15, 0.2) is 0 Å². The zero-order chi connectivity index (χ0) is 24.4. The Hall–Kier alpha value is -3.51. The normalized spacial score (nSPS) is 19.7. The summed E-state index contributed by atoms with van der Waals surface area (Å²) in [6.45, 7) is 1.17. The van der Waals surface area contributed by atoms with Gasteiger partial charge in [0, 0.05) is 29.5 Å². The summed E-state index contributed by atoms with van der Waals surface area (Å²) in [5.41, 5.74) is 2.97. The van der Waals surface area contributed by atoms with Gasteiger partial charge in [-0.15, -0.1) is 0 Å². The van der Waals surface area contributed by atoms with Gasteiger partial charge in [0.05, 0.1) is 12.5 Å². The SMILES string of the molecule is COc1ccc(NC(=O)N2CCC(C3(Cc4cccc(Cl)c4)C(=O)Nc4ccccc43)CC2)cc1. The Labute approximate surface area is 210 Å². The minimum atomic E-state index is -0.695. The summed E-state index contributed by atoms with van der Waals surface area (Å²) in [5.74, 6) is 0.860. The molecule has 180 valence electrons. The molecular formula is C28H28ClN3O3. The van der Waals surface area contributed by atoms with E-state index in [1.165, 1.54) is 0 Å². The highest BCUT2D eigenvalue weighted by molar-refractivity contribution is 6.30. The number of urea groups is 1. The van der Waals surface area contributed by atoms with Crippen molar-refractivity contribution in [3.05, 3.63) is 88.9 Å². The number of halogens is 1. The Morgan fingerprint density at radius 2 is 1.83 bits per heavy atom. The van der Waals surface area contributed by atoms with Gasteiger partial charge in [-0.05, 0) is 78.8 Å². The zero-order valence-corrected chi connectivity index (χ0v) is 20.3. The van der Waals surface area contributed by atoms with Crippen molar-refractivity contribution in [2.45, 2.75) is 24.7 Å². The van der Waals surface area contributed by atoms with Crippen molar-refractivity contribution in [2.24, 2.45) is 5.92 Å². The van der Waals surface area contributed by atoms with Crippen LogP contribution in [0.25, 0.3) is 0 Å². The summed E-state index contributed by atoms with van der Waals surface area (Å²) in [7, 11) is 1.61. The lowest BCUT2D eigenvalue weighted by molar-refractivity contribution is -0.123. The maximum Gasteiger partial charge on any atom is 0.321 e. The first-order valence-electron chi connectivity index (χ1n) is 11.8. The standard InChI is InChI=1S/C28H28ClN3O3/c1-35-23-11-9-22(10-12-23)30-27(34)32-15-13-20(14-16-32)28(18-19-5-4-6-21(29)17-19)24-7-2-3-8-25(24)31-26(28)33/h2-12,17,20H,13-16,18H2,1H3,(H,30,34)(H,31,33). The molecule has 3 aromatic rings. The van der Waals surface area contributed by atoms with Crippen LogP contribution in [0.1, 0.15) is 24.0 Å². The lowest BCUT2D eigenvalue weighted by Crippen LogP contribution is -2.50. The number of fused-ring (bicyclic) bond motifs is 1. The number of nitrogens with zero attached hydrogens (tertiary/aromatic N) is 1. The van der Waals surface area contributed by atoms with Crippen molar-refractivity contribution in [3.8, 4) is 5.75 Å². The van der Waals surface area contributed by atoms with Crippen LogP contribution in [-0.4, -0.2) is 37.0 Å². The molecule has 35 heavy (non-hydrogen) atoms. The molecule has 0 radical (unpaired) electrons. The molecule has 0 aromatic heterocycles. The number of anilines is 2. The van der Waals surface area contributed by atoms with E-state index < -0.39 is 5.41 Å². The molecule has 2 heterocycles.